The summed E-state index contributed by atoms with van der Waals surface area (Å²) in [4.78, 5) is 13.0. The zero-order valence-electron chi connectivity index (χ0n) is 16.4. The van der Waals surface area contributed by atoms with E-state index in [1.165, 1.54) is 4.31 Å². The largest absolute Gasteiger partial charge is 0.497 e. The third-order valence-corrected chi connectivity index (χ3v) is 9.71. The molecule has 158 valence electrons. The number of fused-ring (bicyclic) bond motifs is 1. The first kappa shape index (κ1) is 19.6. The van der Waals surface area contributed by atoms with Crippen molar-refractivity contribution in [2.75, 3.05) is 34.8 Å². The van der Waals surface area contributed by atoms with Crippen molar-refractivity contribution in [1.82, 2.24) is 0 Å². The van der Waals surface area contributed by atoms with Crippen LogP contribution in [-0.4, -0.2) is 50.3 Å². The molecule has 0 radical (unpaired) electrons. The molecule has 2 aromatic rings. The second kappa shape index (κ2) is 7.09. The highest BCUT2D eigenvalue weighted by Gasteiger charge is 2.75. The van der Waals surface area contributed by atoms with Crippen molar-refractivity contribution in [2.24, 2.45) is 5.92 Å². The Hall–Kier alpha value is -2.39. The Labute approximate surface area is 179 Å². The van der Waals surface area contributed by atoms with Crippen LogP contribution in [0.2, 0.25) is 0 Å². The van der Waals surface area contributed by atoms with Crippen LogP contribution in [0.1, 0.15) is 6.42 Å². The molecular weight excluding hydrogens is 424 g/mol. The first-order valence-electron chi connectivity index (χ1n) is 9.76. The predicted molar refractivity (Wildman–Crippen MR) is 117 cm³/mol. The van der Waals surface area contributed by atoms with E-state index in [9.17, 15) is 13.2 Å². The molecule has 0 spiro atoms. The molecule has 0 bridgehead atoms. The number of hydrogen-bond donors (Lipinski definition) is 1. The van der Waals surface area contributed by atoms with Crippen LogP contribution in [-0.2, 0) is 14.8 Å². The molecule has 3 fully saturated rings. The number of ether oxygens (including phenoxy) is 2. The maximum Gasteiger partial charge on any atom is 0.250 e. The van der Waals surface area contributed by atoms with Gasteiger partial charge in [-0.25, -0.2) is 8.42 Å². The van der Waals surface area contributed by atoms with E-state index in [-0.39, 0.29) is 12.0 Å². The second-order valence-electron chi connectivity index (χ2n) is 7.78. The van der Waals surface area contributed by atoms with Crippen molar-refractivity contribution >= 4 is 39.1 Å². The topological polar surface area (TPSA) is 84.9 Å². The SMILES string of the molecule is COc1ccc(N2C[C@H]3C[C@]3(C(=O)Nc3ccc(OC4CSC4)cc3)S2(=O)=O)cc1. The summed E-state index contributed by atoms with van der Waals surface area (Å²) in [5.41, 5.74) is 1.11. The number of benzene rings is 2. The van der Waals surface area contributed by atoms with Crippen molar-refractivity contribution in [1.29, 1.82) is 0 Å². The van der Waals surface area contributed by atoms with Gasteiger partial charge in [-0.3, -0.25) is 9.10 Å². The highest BCUT2D eigenvalue weighted by atomic mass is 32.2. The Kier molecular flexibility index (Phi) is 4.62. The number of sulfonamides is 1. The van der Waals surface area contributed by atoms with E-state index in [1.54, 1.807) is 55.6 Å². The fourth-order valence-corrected chi connectivity index (χ4v) is 6.97. The number of rotatable bonds is 6. The van der Waals surface area contributed by atoms with E-state index in [0.717, 1.165) is 17.3 Å². The zero-order valence-corrected chi connectivity index (χ0v) is 18.0. The standard InChI is InChI=1S/C21H22N2O5S2/c1-27-17-8-4-16(5-9-17)23-11-14-10-21(14,30(23,25)26)20(24)22-15-2-6-18(7-3-15)28-19-12-29-13-19/h2-9,14,19H,10-13H2,1H3,(H,22,24)/t14-,21+/m1/s1. The van der Waals surface area contributed by atoms with Gasteiger partial charge in [0.05, 0.1) is 12.8 Å². The molecule has 2 heterocycles. The highest BCUT2D eigenvalue weighted by Crippen LogP contribution is 2.58. The molecule has 1 amide bonds. The highest BCUT2D eigenvalue weighted by molar-refractivity contribution is 8.00. The third-order valence-electron chi connectivity index (χ3n) is 5.95. The van der Waals surface area contributed by atoms with Gasteiger partial charge >= 0.3 is 0 Å². The molecule has 7 nitrogen and oxygen atoms in total. The van der Waals surface area contributed by atoms with E-state index >= 15 is 0 Å². The molecule has 1 saturated carbocycles. The molecule has 5 rings (SSSR count). The van der Waals surface area contributed by atoms with Crippen molar-refractivity contribution < 1.29 is 22.7 Å². The molecule has 3 aliphatic rings. The Morgan fingerprint density at radius 1 is 1.10 bits per heavy atom. The summed E-state index contributed by atoms with van der Waals surface area (Å²) in [6, 6.07) is 13.9. The Morgan fingerprint density at radius 2 is 1.77 bits per heavy atom. The lowest BCUT2D eigenvalue weighted by molar-refractivity contribution is -0.116. The number of nitrogens with one attached hydrogen (secondary N) is 1. The monoisotopic (exact) mass is 446 g/mol. The molecule has 1 aliphatic carbocycles. The quantitative estimate of drug-likeness (QED) is 0.735. The number of carbonyl (C=O) groups is 1. The average molecular weight is 447 g/mol. The van der Waals surface area contributed by atoms with Gasteiger partial charge in [-0.2, -0.15) is 11.8 Å². The first-order chi connectivity index (χ1) is 14.4. The van der Waals surface area contributed by atoms with Crippen molar-refractivity contribution in [2.45, 2.75) is 17.3 Å². The maximum atomic E-state index is 13.3. The van der Waals surface area contributed by atoms with Gasteiger partial charge in [0.25, 0.3) is 0 Å². The Morgan fingerprint density at radius 3 is 2.37 bits per heavy atom. The normalized spacial score (nSPS) is 26.4. The summed E-state index contributed by atoms with van der Waals surface area (Å²) in [5.74, 6) is 2.71. The van der Waals surface area contributed by atoms with Gasteiger partial charge in [0.2, 0.25) is 15.9 Å². The van der Waals surface area contributed by atoms with Crippen molar-refractivity contribution in [3.63, 3.8) is 0 Å². The number of thioether (sulfide) groups is 1. The van der Waals surface area contributed by atoms with Crippen LogP contribution < -0.4 is 19.1 Å². The van der Waals surface area contributed by atoms with Crippen LogP contribution >= 0.6 is 11.8 Å². The van der Waals surface area contributed by atoms with Crippen LogP contribution in [0, 0.1) is 5.92 Å². The number of anilines is 2. The molecule has 2 aromatic carbocycles. The summed E-state index contributed by atoms with van der Waals surface area (Å²) in [6.45, 7) is 0.314. The molecule has 2 atom stereocenters. The lowest BCUT2D eigenvalue weighted by atomic mass is 10.2. The fraction of sp³-hybridized carbons (Fsp3) is 0.381. The van der Waals surface area contributed by atoms with E-state index in [4.69, 9.17) is 9.47 Å². The van der Waals surface area contributed by atoms with E-state index in [2.05, 4.69) is 5.32 Å². The Balaban J connectivity index is 1.31. The van der Waals surface area contributed by atoms with Crippen LogP contribution in [0.5, 0.6) is 11.5 Å². The van der Waals surface area contributed by atoms with E-state index in [0.29, 0.717) is 30.1 Å². The molecule has 0 aromatic heterocycles. The lowest BCUT2D eigenvalue weighted by Gasteiger charge is -2.26. The predicted octanol–water partition coefficient (Wildman–Crippen LogP) is 2.74. The lowest BCUT2D eigenvalue weighted by Crippen LogP contribution is -2.42. The van der Waals surface area contributed by atoms with Gasteiger partial charge in [0, 0.05) is 29.7 Å². The van der Waals surface area contributed by atoms with Crippen molar-refractivity contribution in [3.8, 4) is 11.5 Å². The van der Waals surface area contributed by atoms with E-state index in [1.807, 2.05) is 11.8 Å². The number of amides is 1. The third kappa shape index (κ3) is 3.02. The van der Waals surface area contributed by atoms with Gasteiger partial charge in [-0.05, 0) is 55.0 Å². The van der Waals surface area contributed by atoms with Gasteiger partial charge in [0.1, 0.15) is 17.6 Å². The summed E-state index contributed by atoms with van der Waals surface area (Å²) in [6.07, 6.45) is 0.600. The Bertz CT molecular complexity index is 1070. The number of nitrogens with zero attached hydrogens (tertiary/aromatic N) is 1. The van der Waals surface area contributed by atoms with Crippen LogP contribution in [0.4, 0.5) is 11.4 Å². The molecule has 2 saturated heterocycles. The van der Waals surface area contributed by atoms with Gasteiger partial charge < -0.3 is 14.8 Å². The summed E-state index contributed by atoms with van der Waals surface area (Å²) in [7, 11) is -2.25. The fourth-order valence-electron chi connectivity index (χ4n) is 4.05. The second-order valence-corrected chi connectivity index (χ2v) is 11.0. The molecule has 2 aliphatic heterocycles. The minimum Gasteiger partial charge on any atom is -0.497 e. The molecular formula is C21H22N2O5S2. The molecule has 1 N–H and O–H groups in total. The average Bonchev–Trinajstić information content (AvgIpc) is 3.41. The van der Waals surface area contributed by atoms with Gasteiger partial charge in [-0.15, -0.1) is 0 Å². The molecule has 9 heteroatoms. The smallest absolute Gasteiger partial charge is 0.250 e. The number of hydrogen-bond acceptors (Lipinski definition) is 6. The van der Waals surface area contributed by atoms with Crippen LogP contribution in [0.25, 0.3) is 0 Å². The summed E-state index contributed by atoms with van der Waals surface area (Å²) < 4.78 is 37.4. The minimum absolute atomic E-state index is 0.205. The van der Waals surface area contributed by atoms with Gasteiger partial charge in [-0.1, -0.05) is 0 Å². The van der Waals surface area contributed by atoms with E-state index < -0.39 is 20.7 Å². The van der Waals surface area contributed by atoms with Crippen LogP contribution in [0.15, 0.2) is 48.5 Å². The molecule has 0 unspecified atom stereocenters. The zero-order chi connectivity index (χ0) is 20.9. The maximum absolute atomic E-state index is 13.3. The van der Waals surface area contributed by atoms with Crippen LogP contribution in [0.3, 0.4) is 0 Å². The summed E-state index contributed by atoms with van der Waals surface area (Å²) in [5, 5.41) is 2.80. The van der Waals surface area contributed by atoms with Gasteiger partial charge in [0.15, 0.2) is 4.75 Å². The number of carbonyl (C=O) groups excluding carboxylic acids is 1. The number of methoxy groups -OCH3 is 1. The molecule has 30 heavy (non-hydrogen) atoms. The summed E-state index contributed by atoms with van der Waals surface area (Å²) >= 11 is 1.85. The first-order valence-corrected chi connectivity index (χ1v) is 12.4. The minimum atomic E-state index is -3.81. The van der Waals surface area contributed by atoms with Crippen molar-refractivity contribution in [3.05, 3.63) is 48.5 Å².